The maximum atomic E-state index is 13.6. The van der Waals surface area contributed by atoms with Crippen LogP contribution in [0.3, 0.4) is 0 Å². The predicted molar refractivity (Wildman–Crippen MR) is 117 cm³/mol. The van der Waals surface area contributed by atoms with Crippen molar-refractivity contribution in [2.75, 3.05) is 31.1 Å². The average molecular weight is 408 g/mol. The zero-order valence-electron chi connectivity index (χ0n) is 17.2. The molecule has 156 valence electrons. The van der Waals surface area contributed by atoms with Gasteiger partial charge in [0, 0.05) is 38.3 Å². The molecule has 0 unspecified atom stereocenters. The van der Waals surface area contributed by atoms with E-state index in [4.69, 9.17) is 0 Å². The Labute approximate surface area is 173 Å². The van der Waals surface area contributed by atoms with E-state index in [2.05, 4.69) is 15.2 Å². The lowest BCUT2D eigenvalue weighted by Gasteiger charge is -2.27. The number of aryl methyl sites for hydroxylation is 2. The SMILES string of the molecule is CCn1c(=O)[nH]c(=O)c2c(N3C[C@H]4CNC[C@H]4C3)c(-c3ccc(F)cc3)c(C)cc21. The van der Waals surface area contributed by atoms with Gasteiger partial charge in [-0.05, 0) is 55.0 Å². The van der Waals surface area contributed by atoms with E-state index in [0.29, 0.717) is 29.3 Å². The van der Waals surface area contributed by atoms with Gasteiger partial charge in [0.15, 0.2) is 0 Å². The quantitative estimate of drug-likeness (QED) is 0.699. The van der Waals surface area contributed by atoms with Crippen molar-refractivity contribution in [3.63, 3.8) is 0 Å². The summed E-state index contributed by atoms with van der Waals surface area (Å²) < 4.78 is 15.2. The van der Waals surface area contributed by atoms with Gasteiger partial charge < -0.3 is 10.2 Å². The third-order valence-electron chi connectivity index (χ3n) is 6.62. The molecule has 0 bridgehead atoms. The van der Waals surface area contributed by atoms with Crippen molar-refractivity contribution >= 4 is 16.6 Å². The van der Waals surface area contributed by atoms with Crippen LogP contribution < -0.4 is 21.5 Å². The summed E-state index contributed by atoms with van der Waals surface area (Å²) in [6.07, 6.45) is 0. The summed E-state index contributed by atoms with van der Waals surface area (Å²) in [5, 5.41) is 3.99. The molecule has 0 radical (unpaired) electrons. The number of fused-ring (bicyclic) bond motifs is 2. The molecule has 2 fully saturated rings. The van der Waals surface area contributed by atoms with Gasteiger partial charge in [0.2, 0.25) is 0 Å². The Morgan fingerprint density at radius 2 is 1.77 bits per heavy atom. The number of H-pyrrole nitrogens is 1. The summed E-state index contributed by atoms with van der Waals surface area (Å²) in [7, 11) is 0. The number of anilines is 1. The van der Waals surface area contributed by atoms with Crippen molar-refractivity contribution in [3.05, 3.63) is 62.6 Å². The fourth-order valence-electron chi connectivity index (χ4n) is 5.20. The van der Waals surface area contributed by atoms with Crippen molar-refractivity contribution in [1.82, 2.24) is 14.9 Å². The monoisotopic (exact) mass is 408 g/mol. The van der Waals surface area contributed by atoms with Gasteiger partial charge >= 0.3 is 5.69 Å². The third-order valence-corrected chi connectivity index (χ3v) is 6.62. The molecule has 3 heterocycles. The molecule has 0 amide bonds. The molecule has 2 N–H and O–H groups in total. The van der Waals surface area contributed by atoms with Crippen LogP contribution in [0.2, 0.25) is 0 Å². The lowest BCUT2D eigenvalue weighted by Crippen LogP contribution is -2.33. The largest absolute Gasteiger partial charge is 0.370 e. The summed E-state index contributed by atoms with van der Waals surface area (Å²) >= 11 is 0. The van der Waals surface area contributed by atoms with Crippen LogP contribution in [0.15, 0.2) is 39.9 Å². The zero-order chi connectivity index (χ0) is 21.0. The zero-order valence-corrected chi connectivity index (χ0v) is 17.2. The fourth-order valence-corrected chi connectivity index (χ4v) is 5.20. The molecule has 0 spiro atoms. The van der Waals surface area contributed by atoms with E-state index in [1.54, 1.807) is 16.7 Å². The lowest BCUT2D eigenvalue weighted by atomic mass is 9.94. The van der Waals surface area contributed by atoms with Crippen molar-refractivity contribution in [2.45, 2.75) is 20.4 Å². The molecule has 7 heteroatoms. The summed E-state index contributed by atoms with van der Waals surface area (Å²) in [5.41, 5.74) is 3.52. The summed E-state index contributed by atoms with van der Waals surface area (Å²) in [4.78, 5) is 30.3. The Bertz CT molecular complexity index is 1230. The molecule has 0 saturated carbocycles. The number of benzene rings is 2. The van der Waals surface area contributed by atoms with E-state index in [9.17, 15) is 14.0 Å². The van der Waals surface area contributed by atoms with Crippen LogP contribution in [0.1, 0.15) is 12.5 Å². The first kappa shape index (κ1) is 19.1. The van der Waals surface area contributed by atoms with E-state index >= 15 is 0 Å². The summed E-state index contributed by atoms with van der Waals surface area (Å²) in [6.45, 7) is 8.03. The molecule has 2 aromatic carbocycles. The molecule has 2 aliphatic heterocycles. The second-order valence-electron chi connectivity index (χ2n) is 8.41. The van der Waals surface area contributed by atoms with Crippen molar-refractivity contribution in [2.24, 2.45) is 11.8 Å². The first-order chi connectivity index (χ1) is 14.5. The van der Waals surface area contributed by atoms with Crippen LogP contribution in [0.5, 0.6) is 0 Å². The Morgan fingerprint density at radius 1 is 1.10 bits per heavy atom. The molecule has 2 saturated heterocycles. The highest BCUT2D eigenvalue weighted by atomic mass is 19.1. The molecule has 3 aromatic rings. The van der Waals surface area contributed by atoms with Gasteiger partial charge in [0.05, 0.1) is 16.6 Å². The van der Waals surface area contributed by atoms with Crippen LogP contribution in [-0.4, -0.2) is 35.7 Å². The Balaban J connectivity index is 1.85. The minimum absolute atomic E-state index is 0.293. The van der Waals surface area contributed by atoms with Crippen molar-refractivity contribution < 1.29 is 4.39 Å². The molecule has 2 atom stereocenters. The van der Waals surface area contributed by atoms with E-state index in [1.165, 1.54) is 12.1 Å². The van der Waals surface area contributed by atoms with Gasteiger partial charge in [-0.1, -0.05) is 12.1 Å². The number of hydrogen-bond donors (Lipinski definition) is 2. The average Bonchev–Trinajstić information content (AvgIpc) is 3.30. The summed E-state index contributed by atoms with van der Waals surface area (Å²) in [6, 6.07) is 8.33. The number of rotatable bonds is 3. The standard InChI is InChI=1S/C23H25FN4O2/c1-3-28-18-8-13(2)19(14-4-6-17(24)7-5-14)21(20(18)22(29)26-23(28)30)27-11-15-9-25-10-16(15)12-27/h4-8,15-16,25H,3,9-12H2,1-2H3,(H,26,29,30)/t15-,16+. The molecular formula is C23H25FN4O2. The summed E-state index contributed by atoms with van der Waals surface area (Å²) in [5.74, 6) is 0.786. The molecular weight excluding hydrogens is 383 g/mol. The second kappa shape index (κ2) is 7.09. The highest BCUT2D eigenvalue weighted by molar-refractivity contribution is 6.02. The van der Waals surface area contributed by atoms with Crippen LogP contribution in [0.25, 0.3) is 22.0 Å². The molecule has 1 aromatic heterocycles. The van der Waals surface area contributed by atoms with Crippen LogP contribution in [0.4, 0.5) is 10.1 Å². The highest BCUT2D eigenvalue weighted by Gasteiger charge is 2.38. The van der Waals surface area contributed by atoms with Gasteiger partial charge in [-0.2, -0.15) is 0 Å². The van der Waals surface area contributed by atoms with E-state index in [-0.39, 0.29) is 11.4 Å². The molecule has 6 nitrogen and oxygen atoms in total. The first-order valence-corrected chi connectivity index (χ1v) is 10.5. The first-order valence-electron chi connectivity index (χ1n) is 10.5. The minimum Gasteiger partial charge on any atom is -0.370 e. The number of nitrogens with one attached hydrogen (secondary N) is 2. The lowest BCUT2D eigenvalue weighted by molar-refractivity contribution is 0.533. The molecule has 30 heavy (non-hydrogen) atoms. The van der Waals surface area contributed by atoms with Crippen molar-refractivity contribution in [1.29, 1.82) is 0 Å². The maximum Gasteiger partial charge on any atom is 0.328 e. The van der Waals surface area contributed by atoms with Gasteiger partial charge in [0.25, 0.3) is 5.56 Å². The molecule has 0 aliphatic carbocycles. The number of halogens is 1. The van der Waals surface area contributed by atoms with Crippen LogP contribution >= 0.6 is 0 Å². The van der Waals surface area contributed by atoms with Crippen molar-refractivity contribution in [3.8, 4) is 11.1 Å². The third kappa shape index (κ3) is 2.88. The van der Waals surface area contributed by atoms with E-state index in [0.717, 1.165) is 48.6 Å². The smallest absolute Gasteiger partial charge is 0.328 e. The second-order valence-corrected chi connectivity index (χ2v) is 8.41. The number of nitrogens with zero attached hydrogens (tertiary/aromatic N) is 2. The van der Waals surface area contributed by atoms with Crippen LogP contribution in [-0.2, 0) is 6.54 Å². The predicted octanol–water partition coefficient (Wildman–Crippen LogP) is 2.48. The minimum atomic E-state index is -0.391. The number of hydrogen-bond acceptors (Lipinski definition) is 4. The number of aromatic nitrogens is 2. The molecule has 2 aliphatic rings. The number of aromatic amines is 1. The van der Waals surface area contributed by atoms with Gasteiger partial charge in [-0.15, -0.1) is 0 Å². The highest BCUT2D eigenvalue weighted by Crippen LogP contribution is 2.42. The topological polar surface area (TPSA) is 70.1 Å². The van der Waals surface area contributed by atoms with Gasteiger partial charge in [-0.3, -0.25) is 14.3 Å². The normalized spacial score (nSPS) is 20.8. The van der Waals surface area contributed by atoms with Gasteiger partial charge in [0.1, 0.15) is 5.82 Å². The maximum absolute atomic E-state index is 13.6. The van der Waals surface area contributed by atoms with Gasteiger partial charge in [-0.25, -0.2) is 9.18 Å². The van der Waals surface area contributed by atoms with E-state index < -0.39 is 5.69 Å². The fraction of sp³-hybridized carbons (Fsp3) is 0.391. The van der Waals surface area contributed by atoms with E-state index in [1.807, 2.05) is 19.9 Å². The van der Waals surface area contributed by atoms with Crippen LogP contribution in [0, 0.1) is 24.6 Å². The Morgan fingerprint density at radius 3 is 2.40 bits per heavy atom. The Kier molecular flexibility index (Phi) is 4.50. The molecule has 5 rings (SSSR count). The Hall–Kier alpha value is -2.93.